The van der Waals surface area contributed by atoms with Crippen LogP contribution >= 0.6 is 0 Å². The summed E-state index contributed by atoms with van der Waals surface area (Å²) in [6.07, 6.45) is 5.58. The van der Waals surface area contributed by atoms with Crippen LogP contribution in [0, 0.1) is 0 Å². The zero-order valence-corrected chi connectivity index (χ0v) is 11.2. The maximum absolute atomic E-state index is 6.33. The highest BCUT2D eigenvalue weighted by atomic mass is 16.5. The number of hydrogen-bond acceptors (Lipinski definition) is 2. The molecule has 0 aliphatic rings. The van der Waals surface area contributed by atoms with E-state index in [9.17, 15) is 0 Å². The first-order valence-electron chi connectivity index (χ1n) is 6.26. The fourth-order valence-corrected chi connectivity index (χ4v) is 1.57. The van der Waals surface area contributed by atoms with Gasteiger partial charge in [0.25, 0.3) is 0 Å². The molecule has 0 amide bonds. The Labute approximate surface area is 95.6 Å². The topological polar surface area (TPSA) is 35.2 Å². The zero-order chi connectivity index (χ0) is 11.9. The predicted octanol–water partition coefficient (Wildman–Crippen LogP) is 3.49. The van der Waals surface area contributed by atoms with E-state index >= 15 is 0 Å². The third kappa shape index (κ3) is 7.80. The van der Waals surface area contributed by atoms with Crippen molar-refractivity contribution in [3.05, 3.63) is 0 Å². The fraction of sp³-hybridized carbons (Fsp3) is 1.00. The Morgan fingerprint density at radius 1 is 1.07 bits per heavy atom. The van der Waals surface area contributed by atoms with Gasteiger partial charge in [0.1, 0.15) is 0 Å². The van der Waals surface area contributed by atoms with Crippen LogP contribution < -0.4 is 5.73 Å². The van der Waals surface area contributed by atoms with Crippen molar-refractivity contribution in [2.45, 2.75) is 77.9 Å². The van der Waals surface area contributed by atoms with Gasteiger partial charge < -0.3 is 10.5 Å². The Morgan fingerprint density at radius 3 is 2.07 bits per heavy atom. The molecule has 0 aliphatic heterocycles. The summed E-state index contributed by atoms with van der Waals surface area (Å²) in [5, 5.41) is 0. The second-order valence-electron chi connectivity index (χ2n) is 5.53. The van der Waals surface area contributed by atoms with Gasteiger partial charge in [0.2, 0.25) is 0 Å². The highest BCUT2D eigenvalue weighted by Crippen LogP contribution is 2.20. The molecule has 92 valence electrons. The van der Waals surface area contributed by atoms with E-state index in [-0.39, 0.29) is 11.1 Å². The summed E-state index contributed by atoms with van der Waals surface area (Å²) < 4.78 is 5.73. The lowest BCUT2D eigenvalue weighted by Gasteiger charge is -2.30. The molecule has 1 unspecified atom stereocenters. The standard InChI is InChI=1S/C13H29NO/c1-6-8-9-13(14,7-2)10-11-15-12(3,4)5/h6-11,14H2,1-5H3. The van der Waals surface area contributed by atoms with Crippen molar-refractivity contribution in [3.63, 3.8) is 0 Å². The lowest BCUT2D eigenvalue weighted by Crippen LogP contribution is -2.41. The lowest BCUT2D eigenvalue weighted by molar-refractivity contribution is -0.0121. The van der Waals surface area contributed by atoms with Gasteiger partial charge in [-0.25, -0.2) is 0 Å². The molecule has 0 bridgehead atoms. The van der Waals surface area contributed by atoms with E-state index < -0.39 is 0 Å². The van der Waals surface area contributed by atoms with Crippen LogP contribution in [0.5, 0.6) is 0 Å². The molecule has 2 heteroatoms. The van der Waals surface area contributed by atoms with Crippen molar-refractivity contribution < 1.29 is 4.74 Å². The average Bonchev–Trinajstić information content (AvgIpc) is 2.13. The molecular formula is C13H29NO. The number of ether oxygens (including phenoxy) is 1. The first kappa shape index (κ1) is 14.9. The van der Waals surface area contributed by atoms with Gasteiger partial charge in [-0.2, -0.15) is 0 Å². The van der Waals surface area contributed by atoms with Crippen LogP contribution in [0.25, 0.3) is 0 Å². The molecule has 0 rings (SSSR count). The molecule has 0 saturated heterocycles. The minimum atomic E-state index is -0.0423. The van der Waals surface area contributed by atoms with E-state index in [0.717, 1.165) is 25.9 Å². The highest BCUT2D eigenvalue weighted by molar-refractivity contribution is 4.82. The lowest BCUT2D eigenvalue weighted by atomic mass is 9.88. The second-order valence-corrected chi connectivity index (χ2v) is 5.53. The summed E-state index contributed by atoms with van der Waals surface area (Å²) in [7, 11) is 0. The Hall–Kier alpha value is -0.0800. The number of rotatable bonds is 7. The number of hydrogen-bond donors (Lipinski definition) is 1. The van der Waals surface area contributed by atoms with Gasteiger partial charge in [-0.05, 0) is 40.0 Å². The Balaban J connectivity index is 3.87. The van der Waals surface area contributed by atoms with E-state index in [4.69, 9.17) is 10.5 Å². The van der Waals surface area contributed by atoms with Crippen LogP contribution in [0.3, 0.4) is 0 Å². The van der Waals surface area contributed by atoms with Crippen molar-refractivity contribution in [2.24, 2.45) is 5.73 Å². The molecule has 0 heterocycles. The van der Waals surface area contributed by atoms with Crippen LogP contribution in [-0.2, 0) is 4.74 Å². The summed E-state index contributed by atoms with van der Waals surface area (Å²) in [4.78, 5) is 0. The van der Waals surface area contributed by atoms with E-state index in [1.165, 1.54) is 12.8 Å². The Morgan fingerprint density at radius 2 is 1.67 bits per heavy atom. The number of nitrogens with two attached hydrogens (primary N) is 1. The maximum atomic E-state index is 6.33. The van der Waals surface area contributed by atoms with Crippen LogP contribution in [0.1, 0.15) is 66.7 Å². The zero-order valence-electron chi connectivity index (χ0n) is 11.2. The van der Waals surface area contributed by atoms with Crippen molar-refractivity contribution >= 4 is 0 Å². The number of unbranched alkanes of at least 4 members (excludes halogenated alkanes) is 1. The molecule has 1 atom stereocenters. The first-order chi connectivity index (χ1) is 6.83. The molecule has 15 heavy (non-hydrogen) atoms. The van der Waals surface area contributed by atoms with Crippen LogP contribution in [0.2, 0.25) is 0 Å². The van der Waals surface area contributed by atoms with Crippen molar-refractivity contribution in [1.29, 1.82) is 0 Å². The van der Waals surface area contributed by atoms with Gasteiger partial charge in [0.15, 0.2) is 0 Å². The second kappa shape index (κ2) is 6.49. The summed E-state index contributed by atoms with van der Waals surface area (Å²) in [6, 6.07) is 0. The van der Waals surface area contributed by atoms with Crippen LogP contribution in [-0.4, -0.2) is 17.7 Å². The molecule has 0 fully saturated rings. The van der Waals surface area contributed by atoms with Gasteiger partial charge in [0, 0.05) is 12.1 Å². The quantitative estimate of drug-likeness (QED) is 0.705. The van der Waals surface area contributed by atoms with Crippen molar-refractivity contribution in [1.82, 2.24) is 0 Å². The highest BCUT2D eigenvalue weighted by Gasteiger charge is 2.22. The van der Waals surface area contributed by atoms with Gasteiger partial charge in [-0.3, -0.25) is 0 Å². The predicted molar refractivity (Wildman–Crippen MR) is 67.1 cm³/mol. The molecule has 0 aromatic rings. The van der Waals surface area contributed by atoms with Crippen LogP contribution in [0.4, 0.5) is 0 Å². The SMILES string of the molecule is CCCCC(N)(CC)CCOC(C)(C)C. The molecular weight excluding hydrogens is 186 g/mol. The van der Waals surface area contributed by atoms with Gasteiger partial charge in [-0.1, -0.05) is 26.7 Å². The summed E-state index contributed by atoms with van der Waals surface area (Å²) in [5.41, 5.74) is 6.28. The Kier molecular flexibility index (Phi) is 6.46. The minimum absolute atomic E-state index is 0.0126. The molecule has 0 saturated carbocycles. The molecule has 0 aliphatic carbocycles. The van der Waals surface area contributed by atoms with E-state index in [1.807, 2.05) is 0 Å². The third-order valence-corrected chi connectivity index (χ3v) is 2.87. The minimum Gasteiger partial charge on any atom is -0.376 e. The monoisotopic (exact) mass is 215 g/mol. The summed E-state index contributed by atoms with van der Waals surface area (Å²) in [5.74, 6) is 0. The van der Waals surface area contributed by atoms with Crippen molar-refractivity contribution in [3.8, 4) is 0 Å². The van der Waals surface area contributed by atoms with Crippen molar-refractivity contribution in [2.75, 3.05) is 6.61 Å². The van der Waals surface area contributed by atoms with Gasteiger partial charge in [-0.15, -0.1) is 0 Å². The third-order valence-electron chi connectivity index (χ3n) is 2.87. The van der Waals surface area contributed by atoms with E-state index in [2.05, 4.69) is 34.6 Å². The largest absolute Gasteiger partial charge is 0.376 e. The van der Waals surface area contributed by atoms with E-state index in [1.54, 1.807) is 0 Å². The van der Waals surface area contributed by atoms with E-state index in [0.29, 0.717) is 0 Å². The average molecular weight is 215 g/mol. The first-order valence-corrected chi connectivity index (χ1v) is 6.26. The fourth-order valence-electron chi connectivity index (χ4n) is 1.57. The molecule has 0 radical (unpaired) electrons. The summed E-state index contributed by atoms with van der Waals surface area (Å²) in [6.45, 7) is 11.4. The molecule has 0 spiro atoms. The maximum Gasteiger partial charge on any atom is 0.0598 e. The summed E-state index contributed by atoms with van der Waals surface area (Å²) >= 11 is 0. The molecule has 2 N–H and O–H groups in total. The molecule has 0 aromatic heterocycles. The van der Waals surface area contributed by atoms with Gasteiger partial charge in [0.05, 0.1) is 5.60 Å². The Bertz CT molecular complexity index is 162. The van der Waals surface area contributed by atoms with Gasteiger partial charge >= 0.3 is 0 Å². The normalized spacial score (nSPS) is 16.4. The molecule has 2 nitrogen and oxygen atoms in total. The molecule has 0 aromatic carbocycles. The van der Waals surface area contributed by atoms with Crippen LogP contribution in [0.15, 0.2) is 0 Å². The smallest absolute Gasteiger partial charge is 0.0598 e.